The highest BCUT2D eigenvalue weighted by molar-refractivity contribution is 7.67. The van der Waals surface area contributed by atoms with E-state index in [1.54, 1.807) is 12.1 Å². The summed E-state index contributed by atoms with van der Waals surface area (Å²) >= 11 is 0. The van der Waals surface area contributed by atoms with Crippen LogP contribution in [0.1, 0.15) is 142 Å². The van der Waals surface area contributed by atoms with Crippen LogP contribution in [0.15, 0.2) is 18.2 Å². The average Bonchev–Trinajstić information content (AvgIpc) is 3.23. The number of rotatable bonds is 23. The molecule has 2 rings (SSSR count). The monoisotopic (exact) mass is 549 g/mol. The molecule has 1 heterocycles. The molecule has 0 aliphatic heterocycles. The number of unbranched alkanes of at least 4 members (excludes halogenated alkanes) is 15. The number of aromatic nitrogens is 2. The van der Waals surface area contributed by atoms with E-state index in [9.17, 15) is 8.42 Å². The first-order valence-electron chi connectivity index (χ1n) is 15.5. The van der Waals surface area contributed by atoms with Crippen molar-refractivity contribution in [1.82, 2.24) is 9.55 Å². The van der Waals surface area contributed by atoms with E-state index in [0.717, 1.165) is 49.1 Å². The summed E-state index contributed by atoms with van der Waals surface area (Å²) in [7, 11) is -2.93. The van der Waals surface area contributed by atoms with Gasteiger partial charge in [0.1, 0.15) is 11.6 Å². The predicted molar refractivity (Wildman–Crippen MR) is 161 cm³/mol. The van der Waals surface area contributed by atoms with Gasteiger partial charge in [-0.2, -0.15) is 8.42 Å². The van der Waals surface area contributed by atoms with E-state index in [1.165, 1.54) is 96.3 Å². The molecule has 0 fully saturated rings. The molecule has 0 aliphatic rings. The summed E-state index contributed by atoms with van der Waals surface area (Å²) in [5, 5.41) is 0. The minimum Gasteiger partial charge on any atom is -0.384 e. The molecule has 6 nitrogen and oxygen atoms in total. The number of aryl methyl sites for hydroxylation is 2. The maximum Gasteiger partial charge on any atom is 0.299 e. The number of hydrogen-bond donors (Lipinski definition) is 2. The first-order chi connectivity index (χ1) is 18.4. The van der Waals surface area contributed by atoms with Gasteiger partial charge in [0.15, 0.2) is 0 Å². The normalized spacial score (nSPS) is 13.4. The predicted octanol–water partition coefficient (Wildman–Crippen LogP) is 8.26. The summed E-state index contributed by atoms with van der Waals surface area (Å²) in [5.41, 5.74) is 8.00. The third kappa shape index (κ3) is 13.0. The SMILES string of the molecule is CCCCCCCCCCCCCCCCCCn1c(CCC(C)(N)CC)nc2cc(O[SH](=O)=O)ccc21. The maximum atomic E-state index is 11.0. The van der Waals surface area contributed by atoms with Gasteiger partial charge in [-0.1, -0.05) is 110 Å². The average molecular weight is 550 g/mol. The molecule has 38 heavy (non-hydrogen) atoms. The molecule has 0 aliphatic carbocycles. The second-order valence-electron chi connectivity index (χ2n) is 11.5. The van der Waals surface area contributed by atoms with E-state index in [4.69, 9.17) is 14.9 Å². The molecule has 7 heteroatoms. The smallest absolute Gasteiger partial charge is 0.299 e. The van der Waals surface area contributed by atoms with Gasteiger partial charge < -0.3 is 14.5 Å². The van der Waals surface area contributed by atoms with Crippen LogP contribution in [0.4, 0.5) is 0 Å². The van der Waals surface area contributed by atoms with E-state index in [0.29, 0.717) is 5.75 Å². The quantitative estimate of drug-likeness (QED) is 0.108. The third-order valence-corrected chi connectivity index (χ3v) is 8.30. The molecule has 1 aromatic heterocycles. The van der Waals surface area contributed by atoms with Gasteiger partial charge in [-0.25, -0.2) is 4.98 Å². The van der Waals surface area contributed by atoms with Gasteiger partial charge in [0, 0.05) is 24.6 Å². The van der Waals surface area contributed by atoms with Crippen molar-refractivity contribution >= 4 is 22.0 Å². The van der Waals surface area contributed by atoms with Gasteiger partial charge in [0.2, 0.25) is 0 Å². The fourth-order valence-corrected chi connectivity index (χ4v) is 5.42. The Morgan fingerprint density at radius 2 is 1.37 bits per heavy atom. The Bertz CT molecular complexity index is 976. The minimum absolute atomic E-state index is 0.216. The number of fused-ring (bicyclic) bond motifs is 1. The summed E-state index contributed by atoms with van der Waals surface area (Å²) in [6.45, 7) is 7.41. The molecule has 0 saturated carbocycles. The van der Waals surface area contributed by atoms with Crippen LogP contribution in [0.5, 0.6) is 5.75 Å². The molecule has 1 aromatic carbocycles. The van der Waals surface area contributed by atoms with Crippen molar-refractivity contribution < 1.29 is 12.6 Å². The molecule has 1 atom stereocenters. The molecule has 0 bridgehead atoms. The van der Waals surface area contributed by atoms with Crippen LogP contribution in [0.25, 0.3) is 11.0 Å². The first-order valence-corrected chi connectivity index (χ1v) is 16.6. The van der Waals surface area contributed by atoms with Crippen molar-refractivity contribution in [3.05, 3.63) is 24.0 Å². The Balaban J connectivity index is 1.70. The molecule has 2 aromatic rings. The van der Waals surface area contributed by atoms with Gasteiger partial charge >= 0.3 is 0 Å². The van der Waals surface area contributed by atoms with Crippen molar-refractivity contribution in [2.24, 2.45) is 5.73 Å². The molecule has 1 unspecified atom stereocenters. The molecule has 218 valence electrons. The number of nitrogens with two attached hydrogens (primary N) is 1. The Morgan fingerprint density at radius 3 is 1.87 bits per heavy atom. The summed E-state index contributed by atoms with van der Waals surface area (Å²) < 4.78 is 29.1. The van der Waals surface area contributed by atoms with Crippen LogP contribution in [-0.4, -0.2) is 23.5 Å². The van der Waals surface area contributed by atoms with Gasteiger partial charge in [0.25, 0.3) is 11.0 Å². The van der Waals surface area contributed by atoms with Crippen molar-refractivity contribution in [2.75, 3.05) is 0 Å². The molecular formula is C31H55N3O3S. The lowest BCUT2D eigenvalue weighted by Crippen LogP contribution is -2.35. The van der Waals surface area contributed by atoms with E-state index < -0.39 is 11.0 Å². The topological polar surface area (TPSA) is 87.2 Å². The molecule has 0 radical (unpaired) electrons. The number of thiol groups is 1. The number of nitrogens with zero attached hydrogens (tertiary/aromatic N) is 2. The Morgan fingerprint density at radius 1 is 0.842 bits per heavy atom. The highest BCUT2D eigenvalue weighted by atomic mass is 32.2. The largest absolute Gasteiger partial charge is 0.384 e. The van der Waals surface area contributed by atoms with E-state index in [2.05, 4.69) is 25.3 Å². The second-order valence-corrected chi connectivity index (χ2v) is 12.1. The Hall–Kier alpha value is -1.60. The van der Waals surface area contributed by atoms with Crippen LogP contribution in [0.2, 0.25) is 0 Å². The lowest BCUT2D eigenvalue weighted by molar-refractivity contribution is 0.410. The standard InChI is InChI=1S/C31H55N3O3S/c1-4-6-7-8-9-10-11-12-13-14-15-16-17-18-19-20-25-34-29-22-21-27(37-38(35)36)26-28(29)33-30(34)23-24-31(3,32)5-2/h21-22,26,38H,4-20,23-25,32H2,1-3H3. The summed E-state index contributed by atoms with van der Waals surface area (Å²) in [5.74, 6) is 1.33. The zero-order valence-electron chi connectivity index (χ0n) is 24.5. The van der Waals surface area contributed by atoms with Crippen LogP contribution >= 0.6 is 0 Å². The van der Waals surface area contributed by atoms with Crippen molar-refractivity contribution in [2.45, 2.75) is 155 Å². The van der Waals surface area contributed by atoms with Gasteiger partial charge in [-0.3, -0.25) is 0 Å². The first kappa shape index (κ1) is 32.6. The molecule has 0 saturated heterocycles. The van der Waals surface area contributed by atoms with Crippen LogP contribution in [0, 0.1) is 0 Å². The Labute approximate surface area is 234 Å². The van der Waals surface area contributed by atoms with Gasteiger partial charge in [-0.05, 0) is 38.3 Å². The van der Waals surface area contributed by atoms with E-state index in [-0.39, 0.29) is 5.54 Å². The van der Waals surface area contributed by atoms with E-state index in [1.807, 2.05) is 6.07 Å². The summed E-state index contributed by atoms with van der Waals surface area (Å²) in [6, 6.07) is 5.35. The van der Waals surface area contributed by atoms with Gasteiger partial charge in [-0.15, -0.1) is 0 Å². The number of imidazole rings is 1. The highest BCUT2D eigenvalue weighted by Gasteiger charge is 2.19. The highest BCUT2D eigenvalue weighted by Crippen LogP contribution is 2.25. The number of hydrogen-bond acceptors (Lipinski definition) is 5. The van der Waals surface area contributed by atoms with Crippen molar-refractivity contribution in [1.29, 1.82) is 0 Å². The lowest BCUT2D eigenvalue weighted by Gasteiger charge is -2.22. The number of benzene rings is 1. The van der Waals surface area contributed by atoms with E-state index >= 15 is 0 Å². The van der Waals surface area contributed by atoms with Crippen molar-refractivity contribution in [3.63, 3.8) is 0 Å². The van der Waals surface area contributed by atoms with Crippen LogP contribution in [0.3, 0.4) is 0 Å². The summed E-state index contributed by atoms with van der Waals surface area (Å²) in [4.78, 5) is 4.84. The lowest BCUT2D eigenvalue weighted by atomic mass is 9.94. The zero-order valence-corrected chi connectivity index (χ0v) is 25.4. The van der Waals surface area contributed by atoms with Gasteiger partial charge in [0.05, 0.1) is 11.0 Å². The van der Waals surface area contributed by atoms with Crippen molar-refractivity contribution in [3.8, 4) is 5.75 Å². The van der Waals surface area contributed by atoms with Crippen LogP contribution in [-0.2, 0) is 24.0 Å². The zero-order chi connectivity index (χ0) is 27.6. The fourth-order valence-electron chi connectivity index (χ4n) is 5.13. The molecule has 0 amide bonds. The maximum absolute atomic E-state index is 11.0. The summed E-state index contributed by atoms with van der Waals surface area (Å²) in [6.07, 6.45) is 24.4. The Kier molecular flexibility index (Phi) is 16.0. The molecule has 2 N–H and O–H groups in total. The van der Waals surface area contributed by atoms with Crippen LogP contribution < -0.4 is 9.92 Å². The minimum atomic E-state index is -2.93. The molecular weight excluding hydrogens is 494 g/mol. The second kappa shape index (κ2) is 18.6. The molecule has 0 spiro atoms. The third-order valence-electron chi connectivity index (χ3n) is 7.94. The fraction of sp³-hybridized carbons (Fsp3) is 0.774.